The average Bonchev–Trinajstić information content (AvgIpc) is 2.52. The van der Waals surface area contributed by atoms with Gasteiger partial charge < -0.3 is 10.1 Å². The third-order valence-electron chi connectivity index (χ3n) is 3.45. The van der Waals surface area contributed by atoms with Gasteiger partial charge in [0.05, 0.1) is 18.6 Å². The molecular weight excluding hydrogens is 328 g/mol. The Morgan fingerprint density at radius 1 is 1.17 bits per heavy atom. The van der Waals surface area contributed by atoms with Gasteiger partial charge in [-0.25, -0.2) is 8.42 Å². The summed E-state index contributed by atoms with van der Waals surface area (Å²) in [5, 5.41) is 2.83. The highest BCUT2D eigenvalue weighted by molar-refractivity contribution is 7.92. The fourth-order valence-corrected chi connectivity index (χ4v) is 3.20. The molecule has 0 aliphatic heterocycles. The highest BCUT2D eigenvalue weighted by Crippen LogP contribution is 2.22. The van der Waals surface area contributed by atoms with Crippen molar-refractivity contribution in [3.05, 3.63) is 24.3 Å². The Morgan fingerprint density at radius 3 is 2.38 bits per heavy atom. The van der Waals surface area contributed by atoms with Crippen LogP contribution in [0.2, 0.25) is 0 Å². The fraction of sp³-hybridized carbons (Fsp3) is 0.588. The van der Waals surface area contributed by atoms with Gasteiger partial charge >= 0.3 is 0 Å². The van der Waals surface area contributed by atoms with Crippen LogP contribution in [0.15, 0.2) is 24.3 Å². The zero-order valence-electron chi connectivity index (χ0n) is 14.7. The highest BCUT2D eigenvalue weighted by Gasteiger charge is 2.17. The summed E-state index contributed by atoms with van der Waals surface area (Å²) >= 11 is 0. The maximum absolute atomic E-state index is 12.0. The monoisotopic (exact) mass is 356 g/mol. The van der Waals surface area contributed by atoms with Gasteiger partial charge in [-0.1, -0.05) is 13.3 Å². The van der Waals surface area contributed by atoms with Gasteiger partial charge in [0.2, 0.25) is 15.9 Å². The van der Waals surface area contributed by atoms with Crippen molar-refractivity contribution in [1.29, 1.82) is 0 Å². The van der Waals surface area contributed by atoms with Crippen LogP contribution in [0.4, 0.5) is 5.69 Å². The number of unbranched alkanes of at least 4 members (excludes halogenated alkanes) is 1. The van der Waals surface area contributed by atoms with Crippen molar-refractivity contribution in [1.82, 2.24) is 5.32 Å². The Bertz CT molecular complexity index is 600. The minimum atomic E-state index is -3.40. The van der Waals surface area contributed by atoms with Gasteiger partial charge in [-0.05, 0) is 44.0 Å². The van der Waals surface area contributed by atoms with Crippen molar-refractivity contribution in [2.24, 2.45) is 0 Å². The van der Waals surface area contributed by atoms with Crippen LogP contribution in [0.5, 0.6) is 5.75 Å². The van der Waals surface area contributed by atoms with E-state index in [0.717, 1.165) is 12.8 Å². The molecule has 0 saturated carbocycles. The first kappa shape index (κ1) is 20.3. The predicted octanol–water partition coefficient (Wildman–Crippen LogP) is 2.55. The molecule has 1 rings (SSSR count). The fourth-order valence-electron chi connectivity index (χ4n) is 2.24. The van der Waals surface area contributed by atoms with Crippen molar-refractivity contribution in [3.63, 3.8) is 0 Å². The summed E-state index contributed by atoms with van der Waals surface area (Å²) in [7, 11) is -3.40. The topological polar surface area (TPSA) is 75.7 Å². The molecular formula is C17H28N2O4S. The third kappa shape index (κ3) is 7.21. The van der Waals surface area contributed by atoms with Crippen LogP contribution in [-0.2, 0) is 14.8 Å². The molecule has 0 spiro atoms. The number of carbonyl (C=O) groups excluding carboxylic acids is 1. The Labute approximate surface area is 145 Å². The van der Waals surface area contributed by atoms with E-state index in [1.54, 1.807) is 24.3 Å². The van der Waals surface area contributed by atoms with E-state index in [4.69, 9.17) is 4.74 Å². The molecule has 0 aromatic heterocycles. The lowest BCUT2D eigenvalue weighted by Gasteiger charge is -2.22. The third-order valence-corrected chi connectivity index (χ3v) is 4.65. The molecule has 136 valence electrons. The molecule has 1 aromatic carbocycles. The highest BCUT2D eigenvalue weighted by atomic mass is 32.2. The molecule has 0 bridgehead atoms. The number of anilines is 1. The second kappa shape index (κ2) is 10.2. The Morgan fingerprint density at radius 2 is 1.83 bits per heavy atom. The summed E-state index contributed by atoms with van der Waals surface area (Å²) in [5.74, 6) is 0.661. The summed E-state index contributed by atoms with van der Waals surface area (Å²) in [6, 6.07) is 6.92. The number of carbonyl (C=O) groups is 1. The Kier molecular flexibility index (Phi) is 8.60. The number of rotatable bonds is 11. The summed E-state index contributed by atoms with van der Waals surface area (Å²) in [6.45, 7) is 5.45. The predicted molar refractivity (Wildman–Crippen MR) is 97.0 cm³/mol. The number of nitrogens with one attached hydrogen (secondary N) is 1. The van der Waals surface area contributed by atoms with E-state index in [0.29, 0.717) is 37.4 Å². The largest absolute Gasteiger partial charge is 0.494 e. The zero-order chi connectivity index (χ0) is 18.0. The molecule has 0 aliphatic carbocycles. The Hall–Kier alpha value is -1.76. The van der Waals surface area contributed by atoms with Gasteiger partial charge in [0, 0.05) is 19.5 Å². The van der Waals surface area contributed by atoms with Crippen molar-refractivity contribution in [2.45, 2.75) is 39.5 Å². The van der Waals surface area contributed by atoms with Gasteiger partial charge in [-0.2, -0.15) is 0 Å². The Balaban J connectivity index is 2.62. The van der Waals surface area contributed by atoms with Gasteiger partial charge in [0.1, 0.15) is 5.75 Å². The van der Waals surface area contributed by atoms with Crippen LogP contribution >= 0.6 is 0 Å². The van der Waals surface area contributed by atoms with Crippen LogP contribution in [0, 0.1) is 0 Å². The van der Waals surface area contributed by atoms with Crippen molar-refractivity contribution in [3.8, 4) is 5.75 Å². The molecule has 0 atom stereocenters. The van der Waals surface area contributed by atoms with Crippen LogP contribution in [0.25, 0.3) is 0 Å². The molecule has 1 amide bonds. The number of amides is 1. The molecule has 0 aliphatic rings. The number of ether oxygens (including phenoxy) is 1. The van der Waals surface area contributed by atoms with Gasteiger partial charge in [0.15, 0.2) is 0 Å². The van der Waals surface area contributed by atoms with E-state index in [-0.39, 0.29) is 12.5 Å². The first-order valence-corrected chi connectivity index (χ1v) is 10.2. The molecule has 0 fully saturated rings. The molecule has 7 heteroatoms. The standard InChI is InChI=1S/C17H28N2O4S/c1-4-6-13-18-17(20)8-7-14-19(24(3,21)22)15-9-11-16(12-10-15)23-5-2/h9-12H,4-8,13-14H2,1-3H3,(H,18,20). The minimum Gasteiger partial charge on any atom is -0.494 e. The van der Waals surface area contributed by atoms with Crippen molar-refractivity contribution >= 4 is 21.6 Å². The molecule has 0 saturated heterocycles. The normalized spacial score (nSPS) is 11.1. The summed E-state index contributed by atoms with van der Waals surface area (Å²) in [4.78, 5) is 11.7. The lowest BCUT2D eigenvalue weighted by molar-refractivity contribution is -0.121. The van der Waals surface area contributed by atoms with E-state index in [9.17, 15) is 13.2 Å². The lowest BCUT2D eigenvalue weighted by atomic mass is 10.2. The number of sulfonamides is 1. The van der Waals surface area contributed by atoms with Gasteiger partial charge in [-0.3, -0.25) is 9.10 Å². The molecule has 1 N–H and O–H groups in total. The number of hydrogen-bond donors (Lipinski definition) is 1. The van der Waals surface area contributed by atoms with Gasteiger partial charge in [0.25, 0.3) is 0 Å². The van der Waals surface area contributed by atoms with E-state index in [1.165, 1.54) is 10.6 Å². The van der Waals surface area contributed by atoms with Gasteiger partial charge in [-0.15, -0.1) is 0 Å². The SMILES string of the molecule is CCCCNC(=O)CCCN(c1ccc(OCC)cc1)S(C)(=O)=O. The summed E-state index contributed by atoms with van der Waals surface area (Å²) in [6.07, 6.45) is 3.93. The summed E-state index contributed by atoms with van der Waals surface area (Å²) < 4.78 is 30.7. The lowest BCUT2D eigenvalue weighted by Crippen LogP contribution is -2.32. The van der Waals surface area contributed by atoms with Crippen molar-refractivity contribution < 1.29 is 17.9 Å². The van der Waals surface area contributed by atoms with Crippen LogP contribution in [-0.4, -0.2) is 40.3 Å². The maximum Gasteiger partial charge on any atom is 0.232 e. The first-order chi connectivity index (χ1) is 11.4. The number of benzene rings is 1. The molecule has 1 aromatic rings. The minimum absolute atomic E-state index is 0.0383. The smallest absolute Gasteiger partial charge is 0.232 e. The summed E-state index contributed by atoms with van der Waals surface area (Å²) in [5.41, 5.74) is 0.576. The van der Waals surface area contributed by atoms with Crippen molar-refractivity contribution in [2.75, 3.05) is 30.3 Å². The quantitative estimate of drug-likeness (QED) is 0.618. The molecule has 0 heterocycles. The zero-order valence-corrected chi connectivity index (χ0v) is 15.6. The maximum atomic E-state index is 12.0. The number of nitrogens with zero attached hydrogens (tertiary/aromatic N) is 1. The number of hydrogen-bond acceptors (Lipinski definition) is 4. The first-order valence-electron chi connectivity index (χ1n) is 8.35. The molecule has 6 nitrogen and oxygen atoms in total. The van der Waals surface area contributed by atoms with Crippen LogP contribution < -0.4 is 14.4 Å². The van der Waals surface area contributed by atoms with E-state index in [1.807, 2.05) is 6.92 Å². The van der Waals surface area contributed by atoms with Crippen LogP contribution in [0.1, 0.15) is 39.5 Å². The molecule has 24 heavy (non-hydrogen) atoms. The second-order valence-corrected chi connectivity index (χ2v) is 7.48. The molecule has 0 unspecified atom stereocenters. The molecule has 0 radical (unpaired) electrons. The van der Waals surface area contributed by atoms with E-state index >= 15 is 0 Å². The van der Waals surface area contributed by atoms with Crippen LogP contribution in [0.3, 0.4) is 0 Å². The van der Waals surface area contributed by atoms with E-state index < -0.39 is 10.0 Å². The van der Waals surface area contributed by atoms with E-state index in [2.05, 4.69) is 12.2 Å². The second-order valence-electron chi connectivity index (χ2n) is 5.57. The average molecular weight is 356 g/mol.